The van der Waals surface area contributed by atoms with Gasteiger partial charge in [0.1, 0.15) is 5.69 Å². The maximum Gasteiger partial charge on any atom is 0.225 e. The quantitative estimate of drug-likeness (QED) is 0.348. The highest BCUT2D eigenvalue weighted by Gasteiger charge is 2.26. The molecule has 10 heteroatoms. The lowest BCUT2D eigenvalue weighted by Crippen LogP contribution is -2.29. The van der Waals surface area contributed by atoms with Crippen LogP contribution < -0.4 is 20.7 Å². The highest BCUT2D eigenvalue weighted by molar-refractivity contribution is 8.00. The molecule has 1 aromatic heterocycles. The van der Waals surface area contributed by atoms with Gasteiger partial charge in [-0.2, -0.15) is 0 Å². The molecule has 1 saturated heterocycles. The van der Waals surface area contributed by atoms with Crippen molar-refractivity contribution in [3.63, 3.8) is 0 Å². The van der Waals surface area contributed by atoms with E-state index in [1.807, 2.05) is 13.8 Å². The van der Waals surface area contributed by atoms with Crippen LogP contribution in [-0.2, 0) is 0 Å². The van der Waals surface area contributed by atoms with Crippen LogP contribution in [0.3, 0.4) is 0 Å². The van der Waals surface area contributed by atoms with Crippen LogP contribution in [0.2, 0.25) is 0 Å². The number of rotatable bonds is 7. The predicted molar refractivity (Wildman–Crippen MR) is 145 cm³/mol. The topological polar surface area (TPSA) is 74.3 Å². The van der Waals surface area contributed by atoms with E-state index in [1.54, 1.807) is 17.8 Å². The first-order chi connectivity index (χ1) is 17.8. The number of thioether (sulfide) groups is 1. The minimum atomic E-state index is -0.635. The number of hydrogen-bond acceptors (Lipinski definition) is 8. The molecule has 0 saturated carbocycles. The van der Waals surface area contributed by atoms with E-state index in [4.69, 9.17) is 4.74 Å². The van der Waals surface area contributed by atoms with Gasteiger partial charge in [0.15, 0.2) is 22.9 Å². The summed E-state index contributed by atoms with van der Waals surface area (Å²) in [6.07, 6.45) is 3.44. The Balaban J connectivity index is 1.34. The maximum absolute atomic E-state index is 14.8. The zero-order valence-electron chi connectivity index (χ0n) is 21.4. The van der Waals surface area contributed by atoms with Gasteiger partial charge in [-0.05, 0) is 82.6 Å². The Morgan fingerprint density at radius 3 is 2.65 bits per heavy atom. The SMILES string of the molecule is COc1c(F)cc(-c2nc(NC3Nc4ccc(C5CCN(C)CC5)cc4S3)ncc2F)cc1NC(C)C. The summed E-state index contributed by atoms with van der Waals surface area (Å²) in [5, 5.41) is 9.81. The van der Waals surface area contributed by atoms with Crippen molar-refractivity contribution >= 4 is 29.1 Å². The van der Waals surface area contributed by atoms with Gasteiger partial charge in [-0.25, -0.2) is 18.7 Å². The van der Waals surface area contributed by atoms with Crippen molar-refractivity contribution in [3.05, 3.63) is 53.7 Å². The number of aromatic nitrogens is 2. The van der Waals surface area contributed by atoms with E-state index in [-0.39, 0.29) is 28.9 Å². The number of fused-ring (bicyclic) bond motifs is 1. The van der Waals surface area contributed by atoms with Gasteiger partial charge in [-0.1, -0.05) is 17.8 Å². The molecule has 7 nitrogen and oxygen atoms in total. The van der Waals surface area contributed by atoms with Gasteiger partial charge in [0.2, 0.25) is 5.95 Å². The number of hydrogen-bond donors (Lipinski definition) is 3. The minimum absolute atomic E-state index is 0.0101. The Kier molecular flexibility index (Phi) is 7.39. The zero-order chi connectivity index (χ0) is 26.1. The molecule has 3 heterocycles. The van der Waals surface area contributed by atoms with Gasteiger partial charge in [0, 0.05) is 16.5 Å². The lowest BCUT2D eigenvalue weighted by molar-refractivity contribution is 0.255. The third kappa shape index (κ3) is 5.60. The predicted octanol–water partition coefficient (Wildman–Crippen LogP) is 5.97. The molecule has 0 aliphatic carbocycles. The van der Waals surface area contributed by atoms with Crippen LogP contribution in [0.15, 0.2) is 41.4 Å². The van der Waals surface area contributed by atoms with E-state index in [0.29, 0.717) is 17.2 Å². The Labute approximate surface area is 220 Å². The molecule has 3 N–H and O–H groups in total. The third-order valence-electron chi connectivity index (χ3n) is 6.70. The van der Waals surface area contributed by atoms with Crippen molar-refractivity contribution in [2.24, 2.45) is 0 Å². The number of piperidine rings is 1. The van der Waals surface area contributed by atoms with Crippen LogP contribution in [0.4, 0.5) is 26.1 Å². The first-order valence-corrected chi connectivity index (χ1v) is 13.4. The Hall–Kier alpha value is -3.11. The monoisotopic (exact) mass is 526 g/mol. The molecular formula is C27H32F2N6OS. The molecule has 1 atom stereocenters. The second kappa shape index (κ2) is 10.7. The molecular weight excluding hydrogens is 494 g/mol. The van der Waals surface area contributed by atoms with Crippen molar-refractivity contribution in [3.8, 4) is 17.0 Å². The molecule has 2 aliphatic rings. The van der Waals surface area contributed by atoms with Crippen LogP contribution in [0.5, 0.6) is 5.75 Å². The molecule has 37 heavy (non-hydrogen) atoms. The number of benzene rings is 2. The summed E-state index contributed by atoms with van der Waals surface area (Å²) in [4.78, 5) is 12.1. The highest BCUT2D eigenvalue weighted by atomic mass is 32.2. The smallest absolute Gasteiger partial charge is 0.225 e. The summed E-state index contributed by atoms with van der Waals surface area (Å²) in [7, 11) is 3.57. The lowest BCUT2D eigenvalue weighted by Gasteiger charge is -2.29. The number of halogens is 2. The van der Waals surface area contributed by atoms with E-state index < -0.39 is 11.6 Å². The summed E-state index contributed by atoms with van der Waals surface area (Å²) in [6.45, 7) is 6.10. The largest absolute Gasteiger partial charge is 0.492 e. The summed E-state index contributed by atoms with van der Waals surface area (Å²) < 4.78 is 34.8. The fourth-order valence-electron chi connectivity index (χ4n) is 4.83. The van der Waals surface area contributed by atoms with Gasteiger partial charge >= 0.3 is 0 Å². The molecule has 1 unspecified atom stereocenters. The van der Waals surface area contributed by atoms with E-state index in [0.717, 1.165) is 29.9 Å². The molecule has 3 aromatic rings. The molecule has 2 aromatic carbocycles. The van der Waals surface area contributed by atoms with Crippen molar-refractivity contribution in [1.29, 1.82) is 0 Å². The number of nitrogens with one attached hydrogen (secondary N) is 3. The Bertz CT molecular complexity index is 1280. The number of nitrogens with zero attached hydrogens (tertiary/aromatic N) is 3. The second-order valence-electron chi connectivity index (χ2n) is 9.85. The first-order valence-electron chi connectivity index (χ1n) is 12.5. The van der Waals surface area contributed by atoms with Crippen molar-refractivity contribution < 1.29 is 13.5 Å². The number of likely N-dealkylation sites (tertiary alicyclic amines) is 1. The number of ether oxygens (including phenoxy) is 1. The average molecular weight is 527 g/mol. The van der Waals surface area contributed by atoms with Gasteiger partial charge in [-0.15, -0.1) is 0 Å². The average Bonchev–Trinajstić information content (AvgIpc) is 3.26. The van der Waals surface area contributed by atoms with Crippen LogP contribution >= 0.6 is 11.8 Å². The fraction of sp³-hybridized carbons (Fsp3) is 0.407. The molecule has 0 bridgehead atoms. The summed E-state index contributed by atoms with van der Waals surface area (Å²) in [6, 6.07) is 9.49. The first kappa shape index (κ1) is 25.5. The maximum atomic E-state index is 14.8. The molecule has 0 amide bonds. The van der Waals surface area contributed by atoms with Crippen molar-refractivity contribution in [1.82, 2.24) is 14.9 Å². The molecule has 5 rings (SSSR count). The van der Waals surface area contributed by atoms with Crippen molar-refractivity contribution in [2.75, 3.05) is 43.2 Å². The van der Waals surface area contributed by atoms with Crippen LogP contribution in [-0.4, -0.2) is 53.7 Å². The summed E-state index contributed by atoms with van der Waals surface area (Å²) in [5.41, 5.74) is 2.94. The van der Waals surface area contributed by atoms with E-state index in [2.05, 4.69) is 56.1 Å². The molecule has 0 radical (unpaired) electrons. The van der Waals surface area contributed by atoms with Gasteiger partial charge < -0.3 is 25.6 Å². The highest BCUT2D eigenvalue weighted by Crippen LogP contribution is 2.41. The summed E-state index contributed by atoms with van der Waals surface area (Å²) >= 11 is 1.64. The number of methoxy groups -OCH3 is 1. The van der Waals surface area contributed by atoms with E-state index >= 15 is 0 Å². The van der Waals surface area contributed by atoms with Crippen molar-refractivity contribution in [2.45, 2.75) is 49.0 Å². The minimum Gasteiger partial charge on any atom is -0.492 e. The zero-order valence-corrected chi connectivity index (χ0v) is 22.3. The lowest BCUT2D eigenvalue weighted by atomic mass is 9.89. The molecule has 196 valence electrons. The Morgan fingerprint density at radius 1 is 1.14 bits per heavy atom. The molecule has 0 spiro atoms. The number of anilines is 3. The molecule has 1 fully saturated rings. The van der Waals surface area contributed by atoms with Crippen LogP contribution in [0.25, 0.3) is 11.3 Å². The summed E-state index contributed by atoms with van der Waals surface area (Å²) in [5.74, 6) is -0.325. The standard InChI is InChI=1S/C27H32F2N6OS/c1-15(2)31-22-12-18(11-19(28)25(22)36-4)24-20(29)14-30-26(33-24)34-27-32-21-6-5-17(13-23(21)37-27)16-7-9-35(3)10-8-16/h5-6,11-16,27,31-32H,7-10H2,1-4H3,(H,30,33,34). The fourth-order valence-corrected chi connectivity index (χ4v) is 5.89. The van der Waals surface area contributed by atoms with Gasteiger partial charge in [-0.3, -0.25) is 0 Å². The van der Waals surface area contributed by atoms with E-state index in [9.17, 15) is 8.78 Å². The molecule has 2 aliphatic heterocycles. The third-order valence-corrected chi connectivity index (χ3v) is 7.76. The second-order valence-corrected chi connectivity index (χ2v) is 11.0. The normalized spacial score (nSPS) is 18.0. The van der Waals surface area contributed by atoms with Gasteiger partial charge in [0.05, 0.1) is 24.7 Å². The Morgan fingerprint density at radius 2 is 1.92 bits per heavy atom. The van der Waals surface area contributed by atoms with Crippen LogP contribution in [0, 0.1) is 11.6 Å². The van der Waals surface area contributed by atoms with Gasteiger partial charge in [0.25, 0.3) is 0 Å². The van der Waals surface area contributed by atoms with Crippen LogP contribution in [0.1, 0.15) is 38.2 Å². The van der Waals surface area contributed by atoms with E-state index in [1.165, 1.54) is 31.6 Å².